The third-order valence-corrected chi connectivity index (χ3v) is 4.45. The highest BCUT2D eigenvalue weighted by molar-refractivity contribution is 8.26. The van der Waals surface area contributed by atoms with Crippen LogP contribution in [0.4, 0.5) is 0 Å². The predicted octanol–water partition coefficient (Wildman–Crippen LogP) is 2.93. The van der Waals surface area contributed by atoms with Crippen LogP contribution in [0, 0.1) is 6.92 Å². The Balaban J connectivity index is 2.27. The Hall–Kier alpha value is -1.37. The molecule has 104 valence electrons. The van der Waals surface area contributed by atoms with Gasteiger partial charge in [-0.2, -0.15) is 0 Å². The summed E-state index contributed by atoms with van der Waals surface area (Å²) < 4.78 is 0.259. The van der Waals surface area contributed by atoms with Gasteiger partial charge in [0, 0.05) is 5.02 Å². The van der Waals surface area contributed by atoms with Crippen molar-refractivity contribution in [2.45, 2.75) is 6.92 Å². The molecule has 1 N–H and O–H groups in total. The molecule has 1 aliphatic heterocycles. The topological polar surface area (TPSA) is 57.6 Å². The van der Waals surface area contributed by atoms with Crippen molar-refractivity contribution in [3.63, 3.8) is 0 Å². The summed E-state index contributed by atoms with van der Waals surface area (Å²) in [6.45, 7) is 1.46. The molecule has 1 aromatic carbocycles. The number of thiocarbonyl (C=S) groups is 1. The van der Waals surface area contributed by atoms with Crippen molar-refractivity contribution >= 4 is 57.9 Å². The van der Waals surface area contributed by atoms with Gasteiger partial charge >= 0.3 is 5.97 Å². The van der Waals surface area contributed by atoms with E-state index < -0.39 is 12.5 Å². The first-order valence-electron chi connectivity index (χ1n) is 5.62. The van der Waals surface area contributed by atoms with Crippen molar-refractivity contribution in [2.75, 3.05) is 6.54 Å². The molecule has 0 bridgehead atoms. The van der Waals surface area contributed by atoms with Gasteiger partial charge < -0.3 is 5.11 Å². The first kappa shape index (κ1) is 15.0. The minimum absolute atomic E-state index is 0.259. The molecule has 2 rings (SSSR count). The number of carboxylic acid groups (broad SMARTS) is 1. The van der Waals surface area contributed by atoms with E-state index in [1.807, 2.05) is 13.0 Å². The quantitative estimate of drug-likeness (QED) is 0.683. The fourth-order valence-electron chi connectivity index (χ4n) is 1.68. The Morgan fingerprint density at radius 2 is 2.25 bits per heavy atom. The number of carbonyl (C=O) groups is 2. The molecule has 7 heteroatoms. The van der Waals surface area contributed by atoms with E-state index in [4.69, 9.17) is 28.9 Å². The molecule has 1 aromatic rings. The molecule has 0 aliphatic carbocycles. The van der Waals surface area contributed by atoms with Gasteiger partial charge in [-0.3, -0.25) is 14.5 Å². The number of nitrogens with zero attached hydrogens (tertiary/aromatic N) is 1. The lowest BCUT2D eigenvalue weighted by Gasteiger charge is -2.10. The number of amides is 1. The Bertz CT molecular complexity index is 643. The Morgan fingerprint density at radius 1 is 1.55 bits per heavy atom. The van der Waals surface area contributed by atoms with E-state index in [9.17, 15) is 9.59 Å². The third kappa shape index (κ3) is 3.20. The zero-order valence-electron chi connectivity index (χ0n) is 10.4. The van der Waals surface area contributed by atoms with E-state index in [0.717, 1.165) is 27.8 Å². The summed E-state index contributed by atoms with van der Waals surface area (Å²) in [5.41, 5.74) is 1.73. The average molecular weight is 328 g/mol. The maximum Gasteiger partial charge on any atom is 0.323 e. The lowest BCUT2D eigenvalue weighted by Crippen LogP contribution is -2.33. The Kier molecular flexibility index (Phi) is 4.47. The van der Waals surface area contributed by atoms with Gasteiger partial charge in [0.25, 0.3) is 5.91 Å². The summed E-state index contributed by atoms with van der Waals surface area (Å²) in [5.74, 6) is -1.47. The monoisotopic (exact) mass is 327 g/mol. The number of thioether (sulfide) groups is 1. The first-order valence-corrected chi connectivity index (χ1v) is 7.22. The molecule has 0 aromatic heterocycles. The lowest BCUT2D eigenvalue weighted by molar-refractivity contribution is -0.140. The number of carbonyl (C=O) groups excluding carboxylic acids is 1. The molecule has 1 saturated heterocycles. The van der Waals surface area contributed by atoms with Crippen molar-refractivity contribution in [3.8, 4) is 0 Å². The van der Waals surface area contributed by atoms with E-state index >= 15 is 0 Å². The minimum Gasteiger partial charge on any atom is -0.480 e. The molecule has 20 heavy (non-hydrogen) atoms. The van der Waals surface area contributed by atoms with Gasteiger partial charge in [-0.25, -0.2) is 0 Å². The summed E-state index contributed by atoms with van der Waals surface area (Å²) >= 11 is 12.1. The third-order valence-electron chi connectivity index (χ3n) is 2.65. The number of rotatable bonds is 3. The van der Waals surface area contributed by atoms with Crippen LogP contribution >= 0.6 is 35.6 Å². The molecular formula is C13H10ClNO3S2. The molecule has 1 aliphatic rings. The van der Waals surface area contributed by atoms with Crippen LogP contribution in [-0.2, 0) is 9.59 Å². The number of hydrogen-bond acceptors (Lipinski definition) is 4. The second-order valence-electron chi connectivity index (χ2n) is 4.17. The Labute approximate surface area is 130 Å². The molecular weight excluding hydrogens is 318 g/mol. The molecule has 0 atom stereocenters. The van der Waals surface area contributed by atoms with Gasteiger partial charge in [0.2, 0.25) is 0 Å². The number of carboxylic acids is 1. The van der Waals surface area contributed by atoms with Crippen molar-refractivity contribution < 1.29 is 14.7 Å². The molecule has 0 spiro atoms. The summed E-state index contributed by atoms with van der Waals surface area (Å²) in [6.07, 6.45) is 1.68. The van der Waals surface area contributed by atoms with Crippen LogP contribution in [0.1, 0.15) is 11.1 Å². The number of hydrogen-bond donors (Lipinski definition) is 1. The van der Waals surface area contributed by atoms with Crippen molar-refractivity contribution in [1.82, 2.24) is 4.90 Å². The van der Waals surface area contributed by atoms with Crippen LogP contribution < -0.4 is 0 Å². The molecule has 0 radical (unpaired) electrons. The highest BCUT2D eigenvalue weighted by Gasteiger charge is 2.33. The summed E-state index contributed by atoms with van der Waals surface area (Å²) in [4.78, 5) is 24.3. The predicted molar refractivity (Wildman–Crippen MR) is 83.7 cm³/mol. The van der Waals surface area contributed by atoms with Gasteiger partial charge in [-0.05, 0) is 30.2 Å². The van der Waals surface area contributed by atoms with Crippen molar-refractivity contribution in [1.29, 1.82) is 0 Å². The largest absolute Gasteiger partial charge is 0.480 e. The SMILES string of the molecule is Cc1cc(/C=C2\SC(=S)N(CC(=O)O)C2=O)ccc1Cl. The van der Waals surface area contributed by atoms with E-state index in [2.05, 4.69) is 0 Å². The zero-order chi connectivity index (χ0) is 14.9. The fourth-order valence-corrected chi connectivity index (χ4v) is 3.05. The van der Waals surface area contributed by atoms with E-state index in [1.165, 1.54) is 0 Å². The molecule has 1 heterocycles. The van der Waals surface area contributed by atoms with Gasteiger partial charge in [0.1, 0.15) is 10.9 Å². The molecule has 4 nitrogen and oxygen atoms in total. The number of halogens is 1. The Morgan fingerprint density at radius 3 is 2.85 bits per heavy atom. The maximum absolute atomic E-state index is 12.1. The second kappa shape index (κ2) is 5.95. The van der Waals surface area contributed by atoms with Gasteiger partial charge in [-0.15, -0.1) is 0 Å². The number of benzene rings is 1. The summed E-state index contributed by atoms with van der Waals surface area (Å²) in [5, 5.41) is 9.41. The van der Waals surface area contributed by atoms with Crippen LogP contribution in [-0.4, -0.2) is 32.7 Å². The fraction of sp³-hybridized carbons (Fsp3) is 0.154. The van der Waals surface area contributed by atoms with E-state index in [1.54, 1.807) is 18.2 Å². The standard InChI is InChI=1S/C13H10ClNO3S2/c1-7-4-8(2-3-9(7)14)5-10-12(18)15(6-11(16)17)13(19)20-10/h2-5H,6H2,1H3,(H,16,17)/b10-5-. The summed E-state index contributed by atoms with van der Waals surface area (Å²) in [6, 6.07) is 5.39. The number of aryl methyl sites for hydroxylation is 1. The molecule has 1 fully saturated rings. The van der Waals surface area contributed by atoms with Crippen LogP contribution in [0.15, 0.2) is 23.1 Å². The average Bonchev–Trinajstić information content (AvgIpc) is 2.61. The van der Waals surface area contributed by atoms with Crippen LogP contribution in [0.5, 0.6) is 0 Å². The lowest BCUT2D eigenvalue weighted by atomic mass is 10.1. The molecule has 1 amide bonds. The number of aliphatic carboxylic acids is 1. The first-order chi connectivity index (χ1) is 9.38. The van der Waals surface area contributed by atoms with Crippen LogP contribution in [0.3, 0.4) is 0 Å². The molecule has 0 saturated carbocycles. The van der Waals surface area contributed by atoms with Gasteiger partial charge in [-0.1, -0.05) is 47.7 Å². The molecule has 0 unspecified atom stereocenters. The zero-order valence-corrected chi connectivity index (χ0v) is 12.8. The van der Waals surface area contributed by atoms with Crippen LogP contribution in [0.2, 0.25) is 5.02 Å². The van der Waals surface area contributed by atoms with E-state index in [0.29, 0.717) is 9.93 Å². The van der Waals surface area contributed by atoms with Gasteiger partial charge in [0.05, 0.1) is 4.91 Å². The highest BCUT2D eigenvalue weighted by Crippen LogP contribution is 2.32. The smallest absolute Gasteiger partial charge is 0.323 e. The van der Waals surface area contributed by atoms with Crippen molar-refractivity contribution in [2.24, 2.45) is 0 Å². The van der Waals surface area contributed by atoms with E-state index in [-0.39, 0.29) is 10.2 Å². The van der Waals surface area contributed by atoms with Crippen molar-refractivity contribution in [3.05, 3.63) is 39.3 Å². The second-order valence-corrected chi connectivity index (χ2v) is 6.25. The van der Waals surface area contributed by atoms with Gasteiger partial charge in [0.15, 0.2) is 0 Å². The normalized spacial score (nSPS) is 17.1. The maximum atomic E-state index is 12.1. The highest BCUT2D eigenvalue weighted by atomic mass is 35.5. The summed E-state index contributed by atoms with van der Waals surface area (Å²) in [7, 11) is 0. The van der Waals surface area contributed by atoms with Crippen LogP contribution in [0.25, 0.3) is 6.08 Å². The minimum atomic E-state index is -1.09.